The van der Waals surface area contributed by atoms with Crippen LogP contribution in [0.2, 0.25) is 0 Å². The van der Waals surface area contributed by atoms with Crippen LogP contribution in [0.1, 0.15) is 16.8 Å². The van der Waals surface area contributed by atoms with E-state index in [4.69, 9.17) is 4.42 Å². The molecule has 2 aromatic carbocycles. The Morgan fingerprint density at radius 1 is 1.21 bits per heavy atom. The van der Waals surface area contributed by atoms with E-state index in [2.05, 4.69) is 10.3 Å². The largest absolute Gasteiger partial charge is 0.432 e. The van der Waals surface area contributed by atoms with E-state index in [1.165, 1.54) is 29.2 Å². The molecule has 1 unspecified atom stereocenters. The van der Waals surface area contributed by atoms with Gasteiger partial charge in [-0.3, -0.25) is 10.1 Å². The fraction of sp³-hybridized carbons (Fsp3) is 0.227. The molecule has 0 bridgehead atoms. The molecule has 33 heavy (non-hydrogen) atoms. The lowest BCUT2D eigenvalue weighted by Gasteiger charge is -2.30. The van der Waals surface area contributed by atoms with Crippen LogP contribution in [0.5, 0.6) is 0 Å². The fourth-order valence-corrected chi connectivity index (χ4v) is 3.62. The average molecular weight is 460 g/mol. The van der Waals surface area contributed by atoms with Crippen LogP contribution in [0, 0.1) is 17.0 Å². The van der Waals surface area contributed by atoms with Gasteiger partial charge >= 0.3 is 6.18 Å². The van der Waals surface area contributed by atoms with Crippen LogP contribution in [-0.4, -0.2) is 32.3 Å². The SMILES string of the molecule is Cc1coc(NCC(O)(c2cn(Cc3ccccc3)c3cc([N+](=O)[O-])ccc23)C(F)(F)F)n1. The molecular weight excluding hydrogens is 441 g/mol. The predicted molar refractivity (Wildman–Crippen MR) is 114 cm³/mol. The number of nitro groups is 1. The highest BCUT2D eigenvalue weighted by atomic mass is 19.4. The predicted octanol–water partition coefficient (Wildman–Crippen LogP) is 4.76. The molecule has 0 saturated carbocycles. The van der Waals surface area contributed by atoms with Crippen LogP contribution in [0.3, 0.4) is 0 Å². The highest BCUT2D eigenvalue weighted by molar-refractivity contribution is 5.87. The lowest BCUT2D eigenvalue weighted by atomic mass is 9.92. The number of aromatic nitrogens is 2. The molecule has 0 spiro atoms. The Morgan fingerprint density at radius 2 is 1.94 bits per heavy atom. The number of nitro benzene ring substituents is 1. The van der Waals surface area contributed by atoms with Crippen molar-refractivity contribution in [1.29, 1.82) is 0 Å². The summed E-state index contributed by atoms with van der Waals surface area (Å²) in [7, 11) is 0. The molecule has 0 aliphatic rings. The molecule has 2 heterocycles. The number of anilines is 1. The Hall–Kier alpha value is -3.86. The molecule has 0 radical (unpaired) electrons. The van der Waals surface area contributed by atoms with Gasteiger partial charge in [0.15, 0.2) is 0 Å². The highest BCUT2D eigenvalue weighted by Crippen LogP contribution is 2.43. The number of oxazole rings is 1. The van der Waals surface area contributed by atoms with Gasteiger partial charge in [-0.15, -0.1) is 0 Å². The molecule has 0 fully saturated rings. The summed E-state index contributed by atoms with van der Waals surface area (Å²) in [6.07, 6.45) is -2.63. The Labute approximate surface area is 185 Å². The zero-order chi connectivity index (χ0) is 23.8. The van der Waals surface area contributed by atoms with Gasteiger partial charge in [0.1, 0.15) is 6.26 Å². The van der Waals surface area contributed by atoms with E-state index in [-0.39, 0.29) is 29.1 Å². The number of fused-ring (bicyclic) bond motifs is 1. The number of aliphatic hydroxyl groups is 1. The topological polar surface area (TPSA) is 106 Å². The molecular formula is C22H19F3N4O4. The molecule has 0 amide bonds. The summed E-state index contributed by atoms with van der Waals surface area (Å²) in [5.74, 6) is 0. The van der Waals surface area contributed by atoms with E-state index in [0.717, 1.165) is 11.6 Å². The van der Waals surface area contributed by atoms with Crippen LogP contribution in [0.25, 0.3) is 10.9 Å². The summed E-state index contributed by atoms with van der Waals surface area (Å²) in [6.45, 7) is 0.783. The maximum Gasteiger partial charge on any atom is 0.423 e. The molecule has 2 N–H and O–H groups in total. The standard InChI is InChI=1S/C22H19F3N4O4/c1-14-12-33-20(27-14)26-13-21(30,22(23,24)25)18-11-28(10-15-5-3-2-4-6-15)19-9-16(29(31)32)7-8-17(18)19/h2-9,11-12,30H,10,13H2,1H3,(H,26,27). The van der Waals surface area contributed by atoms with Gasteiger partial charge in [-0.25, -0.2) is 0 Å². The van der Waals surface area contributed by atoms with Crippen molar-refractivity contribution in [3.63, 3.8) is 0 Å². The molecule has 0 saturated heterocycles. The highest BCUT2D eigenvalue weighted by Gasteiger charge is 2.56. The first-order valence-electron chi connectivity index (χ1n) is 9.85. The van der Waals surface area contributed by atoms with E-state index in [0.29, 0.717) is 5.69 Å². The summed E-state index contributed by atoms with van der Waals surface area (Å²) in [4.78, 5) is 14.6. The van der Waals surface area contributed by atoms with E-state index < -0.39 is 28.8 Å². The van der Waals surface area contributed by atoms with Gasteiger partial charge in [-0.05, 0) is 18.6 Å². The number of aryl methyl sites for hydroxylation is 1. The van der Waals surface area contributed by atoms with Gasteiger partial charge in [0.25, 0.3) is 11.7 Å². The van der Waals surface area contributed by atoms with E-state index in [1.54, 1.807) is 37.3 Å². The van der Waals surface area contributed by atoms with Gasteiger partial charge in [-0.1, -0.05) is 30.3 Å². The summed E-state index contributed by atoms with van der Waals surface area (Å²) >= 11 is 0. The smallest absolute Gasteiger partial charge is 0.423 e. The number of non-ortho nitro benzene ring substituents is 1. The number of rotatable bonds is 7. The van der Waals surface area contributed by atoms with Gasteiger partial charge in [0, 0.05) is 35.8 Å². The van der Waals surface area contributed by atoms with Crippen LogP contribution in [0.15, 0.2) is 65.4 Å². The number of nitrogens with zero attached hydrogens (tertiary/aromatic N) is 3. The maximum atomic E-state index is 14.2. The second kappa shape index (κ2) is 8.24. The molecule has 0 aliphatic heterocycles. The van der Waals surface area contributed by atoms with E-state index in [9.17, 15) is 28.4 Å². The minimum absolute atomic E-state index is 0.0433. The van der Waals surface area contributed by atoms with Crippen molar-refractivity contribution in [1.82, 2.24) is 9.55 Å². The maximum absolute atomic E-state index is 14.2. The van der Waals surface area contributed by atoms with Gasteiger partial charge in [-0.2, -0.15) is 18.2 Å². The zero-order valence-electron chi connectivity index (χ0n) is 17.3. The molecule has 4 aromatic rings. The van der Waals surface area contributed by atoms with Gasteiger partial charge < -0.3 is 19.4 Å². The van der Waals surface area contributed by atoms with Crippen molar-refractivity contribution in [2.24, 2.45) is 0 Å². The molecule has 11 heteroatoms. The summed E-state index contributed by atoms with van der Waals surface area (Å²) in [6, 6.07) is 12.3. The monoisotopic (exact) mass is 460 g/mol. The summed E-state index contributed by atoms with van der Waals surface area (Å²) in [5.41, 5.74) is -2.61. The minimum Gasteiger partial charge on any atom is -0.432 e. The quantitative estimate of drug-likeness (QED) is 0.304. The van der Waals surface area contributed by atoms with Crippen LogP contribution < -0.4 is 5.32 Å². The molecule has 8 nitrogen and oxygen atoms in total. The second-order valence-corrected chi connectivity index (χ2v) is 7.62. The number of nitrogens with one attached hydrogen (secondary N) is 1. The first-order chi connectivity index (χ1) is 15.6. The Kier molecular flexibility index (Phi) is 5.58. The van der Waals surface area contributed by atoms with Gasteiger partial charge in [0.2, 0.25) is 5.60 Å². The van der Waals surface area contributed by atoms with Crippen molar-refractivity contribution in [2.75, 3.05) is 11.9 Å². The zero-order valence-corrected chi connectivity index (χ0v) is 17.3. The lowest BCUT2D eigenvalue weighted by Crippen LogP contribution is -2.47. The number of halogens is 3. The van der Waals surface area contributed by atoms with Crippen molar-refractivity contribution in [3.8, 4) is 0 Å². The molecule has 4 rings (SSSR count). The third-order valence-electron chi connectivity index (χ3n) is 5.30. The van der Waals surface area contributed by atoms with E-state index >= 15 is 0 Å². The third-order valence-corrected chi connectivity index (χ3v) is 5.30. The molecule has 0 aliphatic carbocycles. The lowest BCUT2D eigenvalue weighted by molar-refractivity contribution is -0.384. The number of hydrogen-bond donors (Lipinski definition) is 2. The molecule has 172 valence electrons. The Bertz CT molecular complexity index is 1300. The molecule has 1 atom stereocenters. The van der Waals surface area contributed by atoms with Crippen LogP contribution in [-0.2, 0) is 12.1 Å². The van der Waals surface area contributed by atoms with Gasteiger partial charge in [0.05, 0.1) is 22.7 Å². The normalized spacial score (nSPS) is 13.7. The van der Waals surface area contributed by atoms with Crippen LogP contribution >= 0.6 is 0 Å². The number of alkyl halides is 3. The Morgan fingerprint density at radius 3 is 2.55 bits per heavy atom. The average Bonchev–Trinajstić information content (AvgIpc) is 3.35. The Balaban J connectivity index is 1.84. The van der Waals surface area contributed by atoms with Crippen molar-refractivity contribution in [2.45, 2.75) is 25.2 Å². The number of benzene rings is 2. The van der Waals surface area contributed by atoms with E-state index in [1.807, 2.05) is 0 Å². The van der Waals surface area contributed by atoms with Crippen molar-refractivity contribution >= 4 is 22.6 Å². The first-order valence-corrected chi connectivity index (χ1v) is 9.85. The minimum atomic E-state index is -5.07. The third kappa shape index (κ3) is 4.27. The summed E-state index contributed by atoms with van der Waals surface area (Å²) < 4.78 is 49.1. The van der Waals surface area contributed by atoms with Crippen molar-refractivity contribution < 1.29 is 27.6 Å². The first kappa shape index (κ1) is 22.3. The second-order valence-electron chi connectivity index (χ2n) is 7.62. The van der Waals surface area contributed by atoms with Crippen LogP contribution in [0.4, 0.5) is 24.9 Å². The fourth-order valence-electron chi connectivity index (χ4n) is 3.62. The number of hydrogen-bond acceptors (Lipinski definition) is 6. The van der Waals surface area contributed by atoms with Crippen molar-refractivity contribution in [3.05, 3.63) is 87.9 Å². The molecule has 2 aromatic heterocycles. The summed E-state index contributed by atoms with van der Waals surface area (Å²) in [5, 5.41) is 24.7.